The average molecular weight is 407 g/mol. The van der Waals surface area contributed by atoms with Crippen molar-refractivity contribution in [1.82, 2.24) is 14.9 Å². The second-order valence-corrected chi connectivity index (χ2v) is 8.95. The Bertz CT molecular complexity index is 1010. The molecule has 4 heterocycles. The number of amides is 2. The van der Waals surface area contributed by atoms with Gasteiger partial charge in [0.15, 0.2) is 0 Å². The fourth-order valence-electron chi connectivity index (χ4n) is 4.02. The molecule has 2 fully saturated rings. The molecule has 1 saturated carbocycles. The molecule has 2 aromatic heterocycles. The number of thiazole rings is 1. The van der Waals surface area contributed by atoms with Gasteiger partial charge in [-0.05, 0) is 61.4 Å². The Morgan fingerprint density at radius 3 is 2.79 bits per heavy atom. The highest BCUT2D eigenvalue weighted by atomic mass is 32.1. The topological polar surface area (TPSA) is 75.2 Å². The first kappa shape index (κ1) is 18.2. The predicted octanol–water partition coefficient (Wildman–Crippen LogP) is 3.53. The highest BCUT2D eigenvalue weighted by Crippen LogP contribution is 2.52. The molecule has 1 N–H and O–H groups in total. The number of piperidine rings is 1. The molecule has 7 heteroatoms. The van der Waals surface area contributed by atoms with Crippen LogP contribution in [0.4, 0.5) is 5.82 Å². The normalized spacial score (nSPS) is 19.9. The number of likely N-dealkylation sites (tertiary alicyclic amines) is 1. The number of rotatable bonds is 3. The van der Waals surface area contributed by atoms with Crippen molar-refractivity contribution in [3.63, 3.8) is 0 Å². The SMILES string of the molecule is O=C(C=Cc1cnc2c(c1)CC1(CC1)C(=O)N2)N1CCC(=Cc2nccs2)CC1. The van der Waals surface area contributed by atoms with Gasteiger partial charge >= 0.3 is 0 Å². The molecule has 1 saturated heterocycles. The summed E-state index contributed by atoms with van der Waals surface area (Å²) in [5.74, 6) is 0.791. The lowest BCUT2D eigenvalue weighted by molar-refractivity contribution is -0.126. The Labute approximate surface area is 173 Å². The highest BCUT2D eigenvalue weighted by molar-refractivity contribution is 7.10. The summed E-state index contributed by atoms with van der Waals surface area (Å²) in [7, 11) is 0. The molecular weight excluding hydrogens is 384 g/mol. The van der Waals surface area contributed by atoms with Gasteiger partial charge in [0.1, 0.15) is 10.8 Å². The molecule has 148 valence electrons. The van der Waals surface area contributed by atoms with E-state index >= 15 is 0 Å². The first-order chi connectivity index (χ1) is 14.1. The predicted molar refractivity (Wildman–Crippen MR) is 113 cm³/mol. The quantitative estimate of drug-likeness (QED) is 0.792. The van der Waals surface area contributed by atoms with Gasteiger partial charge in [-0.1, -0.05) is 5.57 Å². The number of hydrogen-bond donors (Lipinski definition) is 1. The number of carbonyl (C=O) groups excluding carboxylic acids is 2. The molecule has 0 bridgehead atoms. The van der Waals surface area contributed by atoms with E-state index in [1.807, 2.05) is 28.6 Å². The van der Waals surface area contributed by atoms with Crippen LogP contribution in [0.25, 0.3) is 12.2 Å². The Kier molecular flexibility index (Phi) is 4.54. The smallest absolute Gasteiger partial charge is 0.246 e. The highest BCUT2D eigenvalue weighted by Gasteiger charge is 2.52. The van der Waals surface area contributed by atoms with E-state index in [1.54, 1.807) is 23.6 Å². The molecule has 1 spiro atoms. The van der Waals surface area contributed by atoms with Crippen LogP contribution in [0.5, 0.6) is 0 Å². The summed E-state index contributed by atoms with van der Waals surface area (Å²) in [4.78, 5) is 35.2. The minimum atomic E-state index is -0.204. The summed E-state index contributed by atoms with van der Waals surface area (Å²) in [6.07, 6.45) is 13.6. The molecule has 0 radical (unpaired) electrons. The van der Waals surface area contributed by atoms with Crippen LogP contribution in [-0.4, -0.2) is 39.8 Å². The molecule has 2 amide bonds. The third-order valence-electron chi connectivity index (χ3n) is 6.00. The van der Waals surface area contributed by atoms with Crippen LogP contribution < -0.4 is 5.32 Å². The maximum atomic E-state index is 12.6. The summed E-state index contributed by atoms with van der Waals surface area (Å²) < 4.78 is 0. The van der Waals surface area contributed by atoms with Gasteiger partial charge in [-0.2, -0.15) is 0 Å². The van der Waals surface area contributed by atoms with Crippen molar-refractivity contribution < 1.29 is 9.59 Å². The summed E-state index contributed by atoms with van der Waals surface area (Å²) in [5, 5.41) is 5.93. The van der Waals surface area contributed by atoms with Gasteiger partial charge in [0.25, 0.3) is 0 Å². The second kappa shape index (κ2) is 7.22. The second-order valence-electron chi connectivity index (χ2n) is 8.02. The lowest BCUT2D eigenvalue weighted by Gasteiger charge is -2.27. The molecule has 6 nitrogen and oxygen atoms in total. The largest absolute Gasteiger partial charge is 0.339 e. The Balaban J connectivity index is 1.21. The van der Waals surface area contributed by atoms with Crippen molar-refractivity contribution in [2.45, 2.75) is 32.1 Å². The minimum absolute atomic E-state index is 0.0305. The lowest BCUT2D eigenvalue weighted by atomic mass is 9.92. The number of aromatic nitrogens is 2. The van der Waals surface area contributed by atoms with Gasteiger partial charge in [0.05, 0.1) is 5.41 Å². The number of pyridine rings is 1. The summed E-state index contributed by atoms with van der Waals surface area (Å²) >= 11 is 1.63. The van der Waals surface area contributed by atoms with Gasteiger partial charge in [0.2, 0.25) is 11.8 Å². The van der Waals surface area contributed by atoms with Gasteiger partial charge in [-0.25, -0.2) is 9.97 Å². The number of hydrogen-bond acceptors (Lipinski definition) is 5. The third-order valence-corrected chi connectivity index (χ3v) is 6.72. The van der Waals surface area contributed by atoms with E-state index in [0.717, 1.165) is 61.3 Å². The zero-order chi connectivity index (χ0) is 19.8. The molecule has 5 rings (SSSR count). The molecule has 0 atom stereocenters. The fraction of sp³-hybridized carbons (Fsp3) is 0.364. The minimum Gasteiger partial charge on any atom is -0.339 e. The molecule has 2 aromatic rings. The van der Waals surface area contributed by atoms with Crippen LogP contribution in [0.15, 0.2) is 35.5 Å². The number of nitrogens with zero attached hydrogens (tertiary/aromatic N) is 3. The summed E-state index contributed by atoms with van der Waals surface area (Å²) in [6, 6.07) is 2.04. The monoisotopic (exact) mass is 406 g/mol. The van der Waals surface area contributed by atoms with Crippen LogP contribution in [0.3, 0.4) is 0 Å². The summed E-state index contributed by atoms with van der Waals surface area (Å²) in [5.41, 5.74) is 3.10. The molecule has 29 heavy (non-hydrogen) atoms. The van der Waals surface area contributed by atoms with E-state index < -0.39 is 0 Å². The number of carbonyl (C=O) groups is 2. The van der Waals surface area contributed by atoms with Gasteiger partial charge < -0.3 is 10.2 Å². The van der Waals surface area contributed by atoms with E-state index in [0.29, 0.717) is 5.82 Å². The van der Waals surface area contributed by atoms with Crippen LogP contribution in [-0.2, 0) is 16.0 Å². The van der Waals surface area contributed by atoms with E-state index in [4.69, 9.17) is 0 Å². The Morgan fingerprint density at radius 2 is 2.07 bits per heavy atom. The molecule has 0 unspecified atom stereocenters. The maximum Gasteiger partial charge on any atom is 0.246 e. The van der Waals surface area contributed by atoms with Crippen molar-refractivity contribution >= 4 is 41.1 Å². The van der Waals surface area contributed by atoms with Crippen LogP contribution >= 0.6 is 11.3 Å². The maximum absolute atomic E-state index is 12.6. The molecule has 2 aliphatic heterocycles. The van der Waals surface area contributed by atoms with Crippen molar-refractivity contribution in [2.75, 3.05) is 18.4 Å². The van der Waals surface area contributed by atoms with Crippen molar-refractivity contribution in [2.24, 2.45) is 5.41 Å². The van der Waals surface area contributed by atoms with E-state index in [1.165, 1.54) is 5.57 Å². The van der Waals surface area contributed by atoms with E-state index in [9.17, 15) is 9.59 Å². The van der Waals surface area contributed by atoms with E-state index in [2.05, 4.69) is 21.4 Å². The fourth-order valence-corrected chi connectivity index (χ4v) is 4.64. The molecule has 0 aromatic carbocycles. The number of anilines is 1. The van der Waals surface area contributed by atoms with Crippen molar-refractivity contribution in [3.8, 4) is 0 Å². The average Bonchev–Trinajstić information content (AvgIpc) is 3.32. The van der Waals surface area contributed by atoms with Gasteiger partial charge in [0, 0.05) is 36.9 Å². The van der Waals surface area contributed by atoms with Crippen LogP contribution in [0.1, 0.15) is 41.8 Å². The standard InChI is InChI=1S/C22H22N4O2S/c27-19(26-8-3-15(4-9-26)12-18-23-7-10-29-18)2-1-16-11-17-13-22(5-6-22)21(28)25-20(17)24-14-16/h1-2,7,10-12,14H,3-6,8-9,13H2,(H,24,25,28). The number of fused-ring (bicyclic) bond motifs is 1. The Morgan fingerprint density at radius 1 is 1.24 bits per heavy atom. The van der Waals surface area contributed by atoms with Crippen LogP contribution in [0.2, 0.25) is 0 Å². The van der Waals surface area contributed by atoms with Gasteiger partial charge in [-0.3, -0.25) is 9.59 Å². The molecule has 3 aliphatic rings. The first-order valence-electron chi connectivity index (χ1n) is 9.98. The summed E-state index contributed by atoms with van der Waals surface area (Å²) in [6.45, 7) is 1.47. The number of nitrogens with one attached hydrogen (secondary N) is 1. The Hall–Kier alpha value is -2.80. The third kappa shape index (κ3) is 3.74. The first-order valence-corrected chi connectivity index (χ1v) is 10.9. The zero-order valence-electron chi connectivity index (χ0n) is 16.1. The molecule has 1 aliphatic carbocycles. The van der Waals surface area contributed by atoms with Gasteiger partial charge in [-0.15, -0.1) is 11.3 Å². The van der Waals surface area contributed by atoms with Crippen molar-refractivity contribution in [3.05, 3.63) is 51.6 Å². The van der Waals surface area contributed by atoms with E-state index in [-0.39, 0.29) is 17.2 Å². The lowest BCUT2D eigenvalue weighted by Crippen LogP contribution is -2.35. The van der Waals surface area contributed by atoms with Crippen molar-refractivity contribution in [1.29, 1.82) is 0 Å². The molecular formula is C22H22N4O2S. The zero-order valence-corrected chi connectivity index (χ0v) is 16.9. The van der Waals surface area contributed by atoms with Crippen LogP contribution in [0, 0.1) is 5.41 Å².